The minimum absolute atomic E-state index is 0.173. The number of nitrogens with two attached hydrogens (primary N) is 1. The lowest BCUT2D eigenvalue weighted by atomic mass is 9.69. The first-order valence-corrected chi connectivity index (χ1v) is 6.25. The Morgan fingerprint density at radius 2 is 2.00 bits per heavy atom. The SMILES string of the molecule is CC1CCC(CN)(C(=O)N2CC(O)C2)CC1. The molecule has 1 saturated heterocycles. The van der Waals surface area contributed by atoms with Crippen molar-refractivity contribution in [2.24, 2.45) is 17.1 Å². The molecule has 0 radical (unpaired) electrons. The van der Waals surface area contributed by atoms with Crippen molar-refractivity contribution in [1.29, 1.82) is 0 Å². The van der Waals surface area contributed by atoms with Gasteiger partial charge in [-0.05, 0) is 31.6 Å². The number of carbonyl (C=O) groups is 1. The van der Waals surface area contributed by atoms with Crippen LogP contribution in [0.4, 0.5) is 0 Å². The minimum Gasteiger partial charge on any atom is -0.389 e. The normalized spacial score (nSPS) is 35.9. The Hall–Kier alpha value is -0.610. The number of amides is 1. The molecule has 0 aromatic carbocycles. The summed E-state index contributed by atoms with van der Waals surface area (Å²) in [5.74, 6) is 0.890. The Morgan fingerprint density at radius 3 is 2.44 bits per heavy atom. The molecule has 3 N–H and O–H groups in total. The Balaban J connectivity index is 2.01. The average molecular weight is 226 g/mol. The van der Waals surface area contributed by atoms with Gasteiger partial charge < -0.3 is 15.7 Å². The summed E-state index contributed by atoms with van der Waals surface area (Å²) < 4.78 is 0. The number of nitrogens with zero attached hydrogens (tertiary/aromatic N) is 1. The summed E-state index contributed by atoms with van der Waals surface area (Å²) >= 11 is 0. The number of rotatable bonds is 2. The van der Waals surface area contributed by atoms with Gasteiger partial charge in [0.1, 0.15) is 0 Å². The average Bonchev–Trinajstić information content (AvgIpc) is 2.26. The highest BCUT2D eigenvalue weighted by molar-refractivity contribution is 5.84. The monoisotopic (exact) mass is 226 g/mol. The second-order valence-electron chi connectivity index (χ2n) is 5.53. The molecule has 0 atom stereocenters. The van der Waals surface area contributed by atoms with Crippen molar-refractivity contribution in [3.05, 3.63) is 0 Å². The van der Waals surface area contributed by atoms with Crippen molar-refractivity contribution in [2.45, 2.75) is 38.7 Å². The van der Waals surface area contributed by atoms with Gasteiger partial charge in [-0.15, -0.1) is 0 Å². The number of likely N-dealkylation sites (tertiary alicyclic amines) is 1. The molecule has 92 valence electrons. The van der Waals surface area contributed by atoms with Crippen LogP contribution < -0.4 is 5.73 Å². The fourth-order valence-electron chi connectivity index (χ4n) is 2.78. The molecule has 1 aliphatic carbocycles. The van der Waals surface area contributed by atoms with E-state index in [1.807, 2.05) is 0 Å². The van der Waals surface area contributed by atoms with Crippen molar-refractivity contribution in [1.82, 2.24) is 4.90 Å². The molecule has 2 rings (SSSR count). The first kappa shape index (κ1) is 11.9. The van der Waals surface area contributed by atoms with Crippen LogP contribution in [0.5, 0.6) is 0 Å². The van der Waals surface area contributed by atoms with Crippen LogP contribution in [0.3, 0.4) is 0 Å². The Morgan fingerprint density at radius 1 is 1.44 bits per heavy atom. The number of hydrogen-bond acceptors (Lipinski definition) is 3. The van der Waals surface area contributed by atoms with Gasteiger partial charge in [0.2, 0.25) is 5.91 Å². The van der Waals surface area contributed by atoms with Gasteiger partial charge in [0, 0.05) is 19.6 Å². The second kappa shape index (κ2) is 4.34. The van der Waals surface area contributed by atoms with E-state index in [9.17, 15) is 9.90 Å². The summed E-state index contributed by atoms with van der Waals surface area (Å²) in [5.41, 5.74) is 5.50. The summed E-state index contributed by atoms with van der Waals surface area (Å²) in [5, 5.41) is 9.24. The van der Waals surface area contributed by atoms with Crippen LogP contribution in [0, 0.1) is 11.3 Å². The lowest BCUT2D eigenvalue weighted by molar-refractivity contribution is -0.154. The zero-order valence-electron chi connectivity index (χ0n) is 9.98. The molecular weight excluding hydrogens is 204 g/mol. The summed E-state index contributed by atoms with van der Waals surface area (Å²) in [6.07, 6.45) is 3.70. The Labute approximate surface area is 96.8 Å². The van der Waals surface area contributed by atoms with Gasteiger partial charge in [-0.1, -0.05) is 6.92 Å². The van der Waals surface area contributed by atoms with E-state index in [2.05, 4.69) is 6.92 Å². The third-order valence-corrected chi connectivity index (χ3v) is 4.23. The first-order chi connectivity index (χ1) is 7.57. The standard InChI is InChI=1S/C12H22N2O2/c1-9-2-4-12(8-13,5-3-9)11(16)14-6-10(15)7-14/h9-10,15H,2-8,13H2,1H3. The van der Waals surface area contributed by atoms with Crippen molar-refractivity contribution < 1.29 is 9.90 Å². The lowest BCUT2D eigenvalue weighted by Crippen LogP contribution is -2.60. The molecule has 0 bridgehead atoms. The highest BCUT2D eigenvalue weighted by atomic mass is 16.3. The lowest BCUT2D eigenvalue weighted by Gasteiger charge is -2.45. The summed E-state index contributed by atoms with van der Waals surface area (Å²) in [7, 11) is 0. The van der Waals surface area contributed by atoms with Crippen molar-refractivity contribution in [3.8, 4) is 0 Å². The quantitative estimate of drug-likeness (QED) is 0.714. The molecule has 1 saturated carbocycles. The van der Waals surface area contributed by atoms with Crippen LogP contribution >= 0.6 is 0 Å². The number of hydrogen-bond donors (Lipinski definition) is 2. The van der Waals surface area contributed by atoms with E-state index in [-0.39, 0.29) is 17.4 Å². The zero-order chi connectivity index (χ0) is 11.8. The van der Waals surface area contributed by atoms with Gasteiger partial charge >= 0.3 is 0 Å². The highest BCUT2D eigenvalue weighted by Gasteiger charge is 2.44. The van der Waals surface area contributed by atoms with Crippen LogP contribution in [0.2, 0.25) is 0 Å². The topological polar surface area (TPSA) is 66.6 Å². The minimum atomic E-state index is -0.327. The van der Waals surface area contributed by atoms with E-state index in [4.69, 9.17) is 5.73 Å². The molecular formula is C12H22N2O2. The van der Waals surface area contributed by atoms with Gasteiger partial charge in [0.25, 0.3) is 0 Å². The largest absolute Gasteiger partial charge is 0.389 e. The smallest absolute Gasteiger partial charge is 0.230 e. The Kier molecular flexibility index (Phi) is 3.22. The molecule has 1 amide bonds. The van der Waals surface area contributed by atoms with Gasteiger partial charge in [0.05, 0.1) is 11.5 Å². The third kappa shape index (κ3) is 1.96. The molecule has 4 heteroatoms. The van der Waals surface area contributed by atoms with E-state index >= 15 is 0 Å². The second-order valence-corrected chi connectivity index (χ2v) is 5.53. The molecule has 0 aromatic heterocycles. The summed E-state index contributed by atoms with van der Waals surface area (Å²) in [4.78, 5) is 14.1. The van der Waals surface area contributed by atoms with Gasteiger partial charge in [-0.3, -0.25) is 4.79 Å². The molecule has 16 heavy (non-hydrogen) atoms. The maximum atomic E-state index is 12.3. The summed E-state index contributed by atoms with van der Waals surface area (Å²) in [6, 6.07) is 0. The van der Waals surface area contributed by atoms with Gasteiger partial charge in [-0.2, -0.15) is 0 Å². The number of carbonyl (C=O) groups excluding carboxylic acids is 1. The van der Waals surface area contributed by atoms with Crippen LogP contribution in [-0.4, -0.2) is 41.7 Å². The van der Waals surface area contributed by atoms with Gasteiger partial charge in [-0.25, -0.2) is 0 Å². The number of β-amino-alcohol motifs (C(OH)–C–C–N with tert-alkyl or cyclic N) is 1. The van der Waals surface area contributed by atoms with Crippen molar-refractivity contribution in [2.75, 3.05) is 19.6 Å². The van der Waals surface area contributed by atoms with E-state index < -0.39 is 0 Å². The molecule has 0 spiro atoms. The van der Waals surface area contributed by atoms with Crippen LogP contribution in [0.1, 0.15) is 32.6 Å². The van der Waals surface area contributed by atoms with Gasteiger partial charge in [0.15, 0.2) is 0 Å². The first-order valence-electron chi connectivity index (χ1n) is 6.25. The van der Waals surface area contributed by atoms with E-state index in [1.165, 1.54) is 0 Å². The predicted molar refractivity (Wildman–Crippen MR) is 61.7 cm³/mol. The fourth-order valence-corrected chi connectivity index (χ4v) is 2.78. The van der Waals surface area contributed by atoms with E-state index in [1.54, 1.807) is 4.90 Å². The van der Waals surface area contributed by atoms with E-state index in [0.29, 0.717) is 19.6 Å². The molecule has 0 unspecified atom stereocenters. The maximum absolute atomic E-state index is 12.3. The van der Waals surface area contributed by atoms with E-state index in [0.717, 1.165) is 31.6 Å². The Bertz CT molecular complexity index is 266. The molecule has 0 aromatic rings. The summed E-state index contributed by atoms with van der Waals surface area (Å²) in [6.45, 7) is 3.68. The van der Waals surface area contributed by atoms with Crippen LogP contribution in [-0.2, 0) is 4.79 Å². The van der Waals surface area contributed by atoms with Crippen molar-refractivity contribution in [3.63, 3.8) is 0 Å². The molecule has 2 aliphatic rings. The molecule has 2 fully saturated rings. The molecule has 1 aliphatic heterocycles. The van der Waals surface area contributed by atoms with Crippen molar-refractivity contribution >= 4 is 5.91 Å². The third-order valence-electron chi connectivity index (χ3n) is 4.23. The number of aliphatic hydroxyl groups excluding tert-OH is 1. The van der Waals surface area contributed by atoms with Crippen LogP contribution in [0.15, 0.2) is 0 Å². The zero-order valence-corrected chi connectivity index (χ0v) is 9.98. The fraction of sp³-hybridized carbons (Fsp3) is 0.917. The molecule has 1 heterocycles. The maximum Gasteiger partial charge on any atom is 0.230 e. The predicted octanol–water partition coefficient (Wildman–Crippen LogP) is 0.345. The molecule has 4 nitrogen and oxygen atoms in total. The number of aliphatic hydroxyl groups is 1. The highest BCUT2D eigenvalue weighted by Crippen LogP contribution is 2.40. The van der Waals surface area contributed by atoms with Crippen LogP contribution in [0.25, 0.3) is 0 Å².